The van der Waals surface area contributed by atoms with Crippen LogP contribution in [-0.4, -0.2) is 49.8 Å². The largest absolute Gasteiger partial charge is 0.403 e. The number of piperidine rings is 1. The van der Waals surface area contributed by atoms with Crippen molar-refractivity contribution in [3.05, 3.63) is 60.3 Å². The van der Waals surface area contributed by atoms with E-state index < -0.39 is 17.5 Å². The minimum absolute atomic E-state index is 0.152. The minimum Gasteiger partial charge on any atom is -0.341 e. The smallest absolute Gasteiger partial charge is 0.341 e. The van der Waals surface area contributed by atoms with Crippen molar-refractivity contribution in [1.82, 2.24) is 24.6 Å². The lowest BCUT2D eigenvalue weighted by Crippen LogP contribution is -2.47. The van der Waals surface area contributed by atoms with E-state index in [1.807, 2.05) is 6.07 Å². The molecule has 5 rings (SSSR count). The molecule has 1 unspecified atom stereocenters. The summed E-state index contributed by atoms with van der Waals surface area (Å²) in [6.07, 6.45) is -0.430. The Bertz CT molecular complexity index is 1160. The van der Waals surface area contributed by atoms with Gasteiger partial charge in [0.25, 0.3) is 5.95 Å². The number of halogens is 4. The number of hydrogen-bond acceptors (Lipinski definition) is 4. The van der Waals surface area contributed by atoms with Crippen molar-refractivity contribution in [2.75, 3.05) is 13.1 Å². The van der Waals surface area contributed by atoms with Gasteiger partial charge in [-0.3, -0.25) is 4.79 Å². The van der Waals surface area contributed by atoms with Crippen LogP contribution in [0.1, 0.15) is 37.3 Å². The van der Waals surface area contributed by atoms with Crippen LogP contribution < -0.4 is 0 Å². The van der Waals surface area contributed by atoms with Gasteiger partial charge in [0.2, 0.25) is 5.91 Å². The Balaban J connectivity index is 1.49. The van der Waals surface area contributed by atoms with Crippen LogP contribution in [0.15, 0.2) is 48.8 Å². The number of nitrogens with zero attached hydrogens (tertiary/aromatic N) is 5. The van der Waals surface area contributed by atoms with Gasteiger partial charge >= 0.3 is 6.18 Å². The van der Waals surface area contributed by atoms with Crippen molar-refractivity contribution in [3.63, 3.8) is 0 Å². The Morgan fingerprint density at radius 2 is 1.79 bits per heavy atom. The summed E-state index contributed by atoms with van der Waals surface area (Å²) in [5.41, 5.74) is -0.272. The van der Waals surface area contributed by atoms with E-state index in [0.717, 1.165) is 0 Å². The van der Waals surface area contributed by atoms with E-state index in [9.17, 15) is 22.4 Å². The van der Waals surface area contributed by atoms with E-state index >= 15 is 0 Å². The van der Waals surface area contributed by atoms with Gasteiger partial charge in [-0.2, -0.15) is 18.3 Å². The minimum atomic E-state index is -4.54. The third-order valence-electron chi connectivity index (χ3n) is 6.45. The van der Waals surface area contributed by atoms with Gasteiger partial charge in [0.05, 0.1) is 11.4 Å². The predicted octanol–water partition coefficient (Wildman–Crippen LogP) is 4.52. The molecular weight excluding hydrogens is 438 g/mol. The first-order valence-corrected chi connectivity index (χ1v) is 10.8. The fraction of sp³-hybridized carbons (Fsp3) is 0.391. The molecule has 1 saturated carbocycles. The summed E-state index contributed by atoms with van der Waals surface area (Å²) in [6, 6.07) is 9.36. The molecule has 2 aromatic heterocycles. The van der Waals surface area contributed by atoms with Crippen molar-refractivity contribution >= 4 is 5.91 Å². The maximum absolute atomic E-state index is 13.5. The van der Waals surface area contributed by atoms with Gasteiger partial charge in [-0.25, -0.2) is 19.0 Å². The molecule has 2 aliphatic rings. The SMILES string of the molecule is O=C(N1CCCC(c2cc(-c3ccc(F)cc3)nn2-c2ncccn2)C1)C1(C(F)(F)F)CC1. The van der Waals surface area contributed by atoms with Crippen molar-refractivity contribution in [2.45, 2.75) is 37.8 Å². The van der Waals surface area contributed by atoms with Crippen LogP contribution in [0, 0.1) is 11.2 Å². The van der Waals surface area contributed by atoms with E-state index in [4.69, 9.17) is 0 Å². The number of carbonyl (C=O) groups is 1. The fourth-order valence-corrected chi connectivity index (χ4v) is 4.46. The van der Waals surface area contributed by atoms with E-state index in [0.29, 0.717) is 42.3 Å². The van der Waals surface area contributed by atoms with Crippen molar-refractivity contribution in [2.24, 2.45) is 5.41 Å². The second-order valence-corrected chi connectivity index (χ2v) is 8.59. The zero-order chi connectivity index (χ0) is 23.2. The molecule has 1 atom stereocenters. The molecule has 1 saturated heterocycles. The molecule has 0 bridgehead atoms. The molecule has 1 amide bonds. The second-order valence-electron chi connectivity index (χ2n) is 8.59. The zero-order valence-corrected chi connectivity index (χ0v) is 17.6. The van der Waals surface area contributed by atoms with E-state index in [2.05, 4.69) is 15.1 Å². The van der Waals surface area contributed by atoms with Gasteiger partial charge in [0.1, 0.15) is 11.2 Å². The molecule has 3 aromatic rings. The topological polar surface area (TPSA) is 63.9 Å². The molecule has 172 valence electrons. The number of aromatic nitrogens is 4. The van der Waals surface area contributed by atoms with Gasteiger partial charge in [-0.15, -0.1) is 0 Å². The molecule has 10 heteroatoms. The normalized spacial score (nSPS) is 20.0. The van der Waals surface area contributed by atoms with Gasteiger partial charge in [0.15, 0.2) is 0 Å². The summed E-state index contributed by atoms with van der Waals surface area (Å²) in [4.78, 5) is 22.7. The number of likely N-dealkylation sites (tertiary alicyclic amines) is 1. The molecule has 1 aliphatic heterocycles. The lowest BCUT2D eigenvalue weighted by molar-refractivity contribution is -0.199. The Kier molecular flexibility index (Phi) is 5.18. The fourth-order valence-electron chi connectivity index (χ4n) is 4.46. The molecule has 3 heterocycles. The maximum Gasteiger partial charge on any atom is 0.403 e. The van der Waals surface area contributed by atoms with Crippen LogP contribution in [0.3, 0.4) is 0 Å². The number of rotatable bonds is 4. The van der Waals surface area contributed by atoms with E-state index in [1.165, 1.54) is 17.0 Å². The molecule has 33 heavy (non-hydrogen) atoms. The van der Waals surface area contributed by atoms with Crippen molar-refractivity contribution in [3.8, 4) is 17.2 Å². The quantitative estimate of drug-likeness (QED) is 0.539. The summed E-state index contributed by atoms with van der Waals surface area (Å²) in [7, 11) is 0. The first kappa shape index (κ1) is 21.5. The molecule has 2 fully saturated rings. The average Bonchev–Trinajstić information content (AvgIpc) is 3.53. The summed E-state index contributed by atoms with van der Waals surface area (Å²) in [6.45, 7) is 0.464. The highest BCUT2D eigenvalue weighted by Gasteiger charge is 2.69. The maximum atomic E-state index is 13.5. The average molecular weight is 459 g/mol. The molecule has 0 N–H and O–H groups in total. The van der Waals surface area contributed by atoms with Crippen LogP contribution in [0.5, 0.6) is 0 Å². The highest BCUT2D eigenvalue weighted by molar-refractivity contribution is 5.86. The van der Waals surface area contributed by atoms with Crippen molar-refractivity contribution in [1.29, 1.82) is 0 Å². The first-order valence-electron chi connectivity index (χ1n) is 10.8. The van der Waals surface area contributed by atoms with Gasteiger partial charge in [-0.05, 0) is 62.1 Å². The number of benzene rings is 1. The zero-order valence-electron chi connectivity index (χ0n) is 17.6. The Morgan fingerprint density at radius 1 is 1.09 bits per heavy atom. The van der Waals surface area contributed by atoms with E-state index in [1.54, 1.807) is 35.3 Å². The van der Waals surface area contributed by atoms with E-state index in [-0.39, 0.29) is 31.1 Å². The summed E-state index contributed by atoms with van der Waals surface area (Å²) >= 11 is 0. The first-order chi connectivity index (χ1) is 15.8. The third kappa shape index (κ3) is 3.87. The molecule has 1 aromatic carbocycles. The number of hydrogen-bond donors (Lipinski definition) is 0. The van der Waals surface area contributed by atoms with Gasteiger partial charge in [-0.1, -0.05) is 0 Å². The lowest BCUT2D eigenvalue weighted by atomic mass is 9.92. The summed E-state index contributed by atoms with van der Waals surface area (Å²) in [5, 5.41) is 4.61. The molecule has 0 spiro atoms. The van der Waals surface area contributed by atoms with Crippen LogP contribution in [0.4, 0.5) is 17.6 Å². The predicted molar refractivity (Wildman–Crippen MR) is 111 cm³/mol. The molecule has 1 aliphatic carbocycles. The number of amides is 1. The number of carbonyl (C=O) groups excluding carboxylic acids is 1. The lowest BCUT2D eigenvalue weighted by Gasteiger charge is -2.35. The van der Waals surface area contributed by atoms with Crippen LogP contribution in [-0.2, 0) is 4.79 Å². The monoisotopic (exact) mass is 459 g/mol. The molecule has 6 nitrogen and oxygen atoms in total. The standard InChI is InChI=1S/C23H21F4N5O/c24-17-6-4-15(5-7-17)18-13-19(32(30-18)21-28-10-2-11-29-21)16-3-1-12-31(14-16)20(33)22(8-9-22)23(25,26)27/h2,4-7,10-11,13,16H,1,3,8-9,12,14H2. The molecular formula is C23H21F4N5O. The molecule has 0 radical (unpaired) electrons. The number of alkyl halides is 3. The van der Waals surface area contributed by atoms with Gasteiger partial charge < -0.3 is 4.90 Å². The van der Waals surface area contributed by atoms with Crippen LogP contribution in [0.25, 0.3) is 17.2 Å². The highest BCUT2D eigenvalue weighted by atomic mass is 19.4. The Hall–Kier alpha value is -3.30. The van der Waals surface area contributed by atoms with Gasteiger partial charge in [0, 0.05) is 37.0 Å². The van der Waals surface area contributed by atoms with Crippen LogP contribution >= 0.6 is 0 Å². The Labute approximate surface area is 187 Å². The summed E-state index contributed by atoms with van der Waals surface area (Å²) < 4.78 is 55.5. The van der Waals surface area contributed by atoms with Crippen LogP contribution in [0.2, 0.25) is 0 Å². The second kappa shape index (κ2) is 7.93. The van der Waals surface area contributed by atoms with Crippen molar-refractivity contribution < 1.29 is 22.4 Å². The Morgan fingerprint density at radius 3 is 2.42 bits per heavy atom. The summed E-state index contributed by atoms with van der Waals surface area (Å²) in [5.74, 6) is -1.12. The third-order valence-corrected chi connectivity index (χ3v) is 6.45. The highest BCUT2D eigenvalue weighted by Crippen LogP contribution is 2.59.